The van der Waals surface area contributed by atoms with E-state index in [-0.39, 0.29) is 12.1 Å². The molecule has 1 aliphatic rings. The van der Waals surface area contributed by atoms with Gasteiger partial charge in [-0.2, -0.15) is 0 Å². The lowest BCUT2D eigenvalue weighted by molar-refractivity contribution is 0.0245. The van der Waals surface area contributed by atoms with Gasteiger partial charge in [0.05, 0.1) is 6.10 Å². The van der Waals surface area contributed by atoms with Crippen molar-refractivity contribution >= 4 is 0 Å². The highest BCUT2D eigenvalue weighted by atomic mass is 16.5. The molecule has 0 bridgehead atoms. The van der Waals surface area contributed by atoms with Gasteiger partial charge in [-0.25, -0.2) is 0 Å². The van der Waals surface area contributed by atoms with E-state index in [0.29, 0.717) is 5.92 Å². The molecule has 0 heterocycles. The van der Waals surface area contributed by atoms with Gasteiger partial charge in [-0.1, -0.05) is 32.6 Å². The quantitative estimate of drug-likeness (QED) is 0.712. The molecule has 0 saturated heterocycles. The van der Waals surface area contributed by atoms with Crippen molar-refractivity contribution in [3.8, 4) is 0 Å². The van der Waals surface area contributed by atoms with E-state index in [1.165, 1.54) is 38.5 Å². The summed E-state index contributed by atoms with van der Waals surface area (Å²) in [4.78, 5) is 0. The van der Waals surface area contributed by atoms with Gasteiger partial charge in [-0.05, 0) is 32.1 Å². The van der Waals surface area contributed by atoms with Crippen molar-refractivity contribution in [2.24, 2.45) is 11.7 Å². The highest BCUT2D eigenvalue weighted by molar-refractivity contribution is 4.81. The number of hydrogen-bond acceptors (Lipinski definition) is 2. The molecular formula is C13H27NO. The molecule has 1 rings (SSSR count). The van der Waals surface area contributed by atoms with Gasteiger partial charge in [-0.3, -0.25) is 0 Å². The van der Waals surface area contributed by atoms with Crippen molar-refractivity contribution in [1.29, 1.82) is 0 Å². The van der Waals surface area contributed by atoms with E-state index in [4.69, 9.17) is 10.5 Å². The van der Waals surface area contributed by atoms with Crippen LogP contribution in [0.2, 0.25) is 0 Å². The zero-order valence-electron chi connectivity index (χ0n) is 10.4. The minimum absolute atomic E-state index is 0.257. The third kappa shape index (κ3) is 4.12. The fraction of sp³-hybridized carbons (Fsp3) is 1.00. The standard InChI is InChI=1S/C13H27NO/c1-3-12(15-4-2)13(14)11-9-7-5-6-8-10-11/h11-13H,3-10,14H2,1-2H3. The Balaban J connectivity index is 2.43. The Morgan fingerprint density at radius 1 is 1.13 bits per heavy atom. The lowest BCUT2D eigenvalue weighted by Gasteiger charge is -2.29. The van der Waals surface area contributed by atoms with Gasteiger partial charge in [0, 0.05) is 12.6 Å². The zero-order valence-corrected chi connectivity index (χ0v) is 10.4. The van der Waals surface area contributed by atoms with Gasteiger partial charge in [0.15, 0.2) is 0 Å². The van der Waals surface area contributed by atoms with Gasteiger partial charge in [0.25, 0.3) is 0 Å². The summed E-state index contributed by atoms with van der Waals surface area (Å²) < 4.78 is 5.72. The molecule has 2 heteroatoms. The summed E-state index contributed by atoms with van der Waals surface area (Å²) >= 11 is 0. The predicted octanol–water partition coefficient (Wildman–Crippen LogP) is 3.10. The van der Waals surface area contributed by atoms with Crippen molar-refractivity contribution < 1.29 is 4.74 Å². The second kappa shape index (κ2) is 7.24. The summed E-state index contributed by atoms with van der Waals surface area (Å²) in [7, 11) is 0. The SMILES string of the molecule is CCOC(CC)C(N)C1CCCCCC1. The molecule has 0 aromatic carbocycles. The van der Waals surface area contributed by atoms with Crippen molar-refractivity contribution in [2.45, 2.75) is 70.9 Å². The van der Waals surface area contributed by atoms with E-state index >= 15 is 0 Å². The first-order valence-corrected chi connectivity index (χ1v) is 6.66. The summed E-state index contributed by atoms with van der Waals surface area (Å²) in [6.45, 7) is 5.03. The third-order valence-corrected chi connectivity index (χ3v) is 3.66. The summed E-state index contributed by atoms with van der Waals surface area (Å²) in [6, 6.07) is 0.257. The van der Waals surface area contributed by atoms with Crippen LogP contribution < -0.4 is 5.73 Å². The maximum absolute atomic E-state index is 6.33. The Kier molecular flexibility index (Phi) is 6.26. The fourth-order valence-electron chi connectivity index (χ4n) is 2.71. The van der Waals surface area contributed by atoms with Crippen LogP contribution >= 0.6 is 0 Å². The lowest BCUT2D eigenvalue weighted by atomic mass is 9.88. The summed E-state index contributed by atoms with van der Waals surface area (Å²) in [6.07, 6.45) is 9.46. The van der Waals surface area contributed by atoms with Gasteiger partial charge in [0.1, 0.15) is 0 Å². The molecule has 15 heavy (non-hydrogen) atoms. The van der Waals surface area contributed by atoms with E-state index in [1.807, 2.05) is 0 Å². The highest BCUT2D eigenvalue weighted by Gasteiger charge is 2.25. The van der Waals surface area contributed by atoms with Crippen LogP contribution in [0.3, 0.4) is 0 Å². The number of hydrogen-bond donors (Lipinski definition) is 1. The summed E-state index contributed by atoms with van der Waals surface area (Å²) in [5.41, 5.74) is 6.33. The Bertz CT molecular complexity index is 153. The molecule has 0 aliphatic heterocycles. The first kappa shape index (κ1) is 13.0. The van der Waals surface area contributed by atoms with Gasteiger partial charge < -0.3 is 10.5 Å². The molecule has 0 spiro atoms. The third-order valence-electron chi connectivity index (χ3n) is 3.66. The maximum atomic E-state index is 6.33. The number of ether oxygens (including phenoxy) is 1. The van der Waals surface area contributed by atoms with E-state index in [0.717, 1.165) is 13.0 Å². The van der Waals surface area contributed by atoms with E-state index in [2.05, 4.69) is 13.8 Å². The monoisotopic (exact) mass is 213 g/mol. The largest absolute Gasteiger partial charge is 0.377 e. The van der Waals surface area contributed by atoms with Crippen LogP contribution in [0.1, 0.15) is 58.8 Å². The van der Waals surface area contributed by atoms with Crippen LogP contribution in [-0.4, -0.2) is 18.8 Å². The van der Waals surface area contributed by atoms with Crippen LogP contribution in [-0.2, 0) is 4.74 Å². The Hall–Kier alpha value is -0.0800. The second-order valence-electron chi connectivity index (χ2n) is 4.73. The van der Waals surface area contributed by atoms with Gasteiger partial charge >= 0.3 is 0 Å². The van der Waals surface area contributed by atoms with Crippen LogP contribution in [0.25, 0.3) is 0 Å². The van der Waals surface area contributed by atoms with Crippen molar-refractivity contribution in [3.63, 3.8) is 0 Å². The molecule has 0 radical (unpaired) electrons. The minimum Gasteiger partial charge on any atom is -0.377 e. The molecule has 1 aliphatic carbocycles. The Morgan fingerprint density at radius 3 is 2.20 bits per heavy atom. The van der Waals surface area contributed by atoms with Gasteiger partial charge in [-0.15, -0.1) is 0 Å². The first-order chi connectivity index (χ1) is 7.29. The van der Waals surface area contributed by atoms with Crippen LogP contribution in [0, 0.1) is 5.92 Å². The molecule has 0 aromatic heterocycles. The first-order valence-electron chi connectivity index (χ1n) is 6.66. The van der Waals surface area contributed by atoms with E-state index in [9.17, 15) is 0 Å². The second-order valence-corrected chi connectivity index (χ2v) is 4.73. The van der Waals surface area contributed by atoms with Crippen molar-refractivity contribution in [1.82, 2.24) is 0 Å². The topological polar surface area (TPSA) is 35.2 Å². The average molecular weight is 213 g/mol. The Morgan fingerprint density at radius 2 is 1.73 bits per heavy atom. The maximum Gasteiger partial charge on any atom is 0.0725 e. The molecule has 2 unspecified atom stereocenters. The Labute approximate surface area is 94.6 Å². The smallest absolute Gasteiger partial charge is 0.0725 e. The molecule has 90 valence electrons. The molecule has 2 atom stereocenters. The van der Waals surface area contributed by atoms with Crippen LogP contribution in [0.4, 0.5) is 0 Å². The molecule has 0 aromatic rings. The van der Waals surface area contributed by atoms with Crippen molar-refractivity contribution in [2.75, 3.05) is 6.61 Å². The molecule has 2 nitrogen and oxygen atoms in total. The predicted molar refractivity (Wildman–Crippen MR) is 64.9 cm³/mol. The number of nitrogens with two attached hydrogens (primary N) is 1. The molecular weight excluding hydrogens is 186 g/mol. The highest BCUT2D eigenvalue weighted by Crippen LogP contribution is 2.27. The number of rotatable bonds is 5. The van der Waals surface area contributed by atoms with E-state index in [1.54, 1.807) is 0 Å². The van der Waals surface area contributed by atoms with Crippen LogP contribution in [0.5, 0.6) is 0 Å². The lowest BCUT2D eigenvalue weighted by Crippen LogP contribution is -2.42. The fourth-order valence-corrected chi connectivity index (χ4v) is 2.71. The van der Waals surface area contributed by atoms with Crippen LogP contribution in [0.15, 0.2) is 0 Å². The zero-order chi connectivity index (χ0) is 11.1. The normalized spacial score (nSPS) is 23.4. The van der Waals surface area contributed by atoms with Crippen molar-refractivity contribution in [3.05, 3.63) is 0 Å². The molecule has 0 amide bonds. The minimum atomic E-state index is 0.257. The molecule has 1 saturated carbocycles. The average Bonchev–Trinajstić information content (AvgIpc) is 2.53. The molecule has 1 fully saturated rings. The summed E-state index contributed by atoms with van der Waals surface area (Å²) in [5.74, 6) is 0.698. The van der Waals surface area contributed by atoms with Gasteiger partial charge in [0.2, 0.25) is 0 Å². The summed E-state index contributed by atoms with van der Waals surface area (Å²) in [5, 5.41) is 0. The van der Waals surface area contributed by atoms with E-state index < -0.39 is 0 Å². The molecule has 2 N–H and O–H groups in total.